The molecule has 0 radical (unpaired) electrons. The lowest BCUT2D eigenvalue weighted by atomic mass is 10.2. The van der Waals surface area contributed by atoms with E-state index in [4.69, 9.17) is 0 Å². The van der Waals surface area contributed by atoms with Crippen molar-refractivity contribution >= 4 is 17.7 Å². The highest BCUT2D eigenvalue weighted by Gasteiger charge is 2.10. The van der Waals surface area contributed by atoms with E-state index in [-0.39, 0.29) is 11.5 Å². The molecule has 0 fully saturated rings. The zero-order valence-corrected chi connectivity index (χ0v) is 9.60. The molecule has 2 nitrogen and oxygen atoms in total. The predicted molar refractivity (Wildman–Crippen MR) is 61.7 cm³/mol. The van der Waals surface area contributed by atoms with Gasteiger partial charge < -0.3 is 5.32 Å². The van der Waals surface area contributed by atoms with Gasteiger partial charge in [-0.15, -0.1) is 0 Å². The molecule has 1 aromatic carbocycles. The molecular weight excluding hydrogens is 213 g/mol. The Morgan fingerprint density at radius 3 is 2.80 bits per heavy atom. The van der Waals surface area contributed by atoms with Crippen LogP contribution >= 0.6 is 11.8 Å². The summed E-state index contributed by atoms with van der Waals surface area (Å²) in [6.45, 7) is 2.56. The Hall–Kier alpha value is -1.03. The van der Waals surface area contributed by atoms with Gasteiger partial charge in [-0.3, -0.25) is 4.79 Å². The zero-order valence-electron chi connectivity index (χ0n) is 8.79. The van der Waals surface area contributed by atoms with Crippen LogP contribution in [0.2, 0.25) is 0 Å². The Morgan fingerprint density at radius 2 is 2.20 bits per heavy atom. The van der Waals surface area contributed by atoms with Gasteiger partial charge in [-0.25, -0.2) is 4.39 Å². The van der Waals surface area contributed by atoms with Crippen molar-refractivity contribution in [3.8, 4) is 0 Å². The smallest absolute Gasteiger partial charge is 0.254 e. The third-order valence-corrected chi connectivity index (χ3v) is 3.04. The van der Waals surface area contributed by atoms with Gasteiger partial charge in [0.1, 0.15) is 5.82 Å². The second-order valence-corrected chi connectivity index (χ2v) is 4.51. The van der Waals surface area contributed by atoms with Gasteiger partial charge in [-0.1, -0.05) is 19.1 Å². The standard InChI is InChI=1S/C11H14FNOS/c1-8(15-2)7-13-11(14)9-5-3-4-6-10(9)12/h3-6,8H,7H2,1-2H3,(H,13,14). The van der Waals surface area contributed by atoms with Crippen LogP contribution in [0.4, 0.5) is 4.39 Å². The van der Waals surface area contributed by atoms with Crippen molar-refractivity contribution in [3.63, 3.8) is 0 Å². The van der Waals surface area contributed by atoms with Crippen LogP contribution in [0.15, 0.2) is 24.3 Å². The number of thioether (sulfide) groups is 1. The lowest BCUT2D eigenvalue weighted by Gasteiger charge is -2.10. The van der Waals surface area contributed by atoms with Crippen molar-refractivity contribution in [3.05, 3.63) is 35.6 Å². The minimum absolute atomic E-state index is 0.103. The Kier molecular flexibility index (Phi) is 4.62. The van der Waals surface area contributed by atoms with Crippen molar-refractivity contribution < 1.29 is 9.18 Å². The Bertz CT molecular complexity index is 343. The van der Waals surface area contributed by atoms with Crippen LogP contribution in [0, 0.1) is 5.82 Å². The van der Waals surface area contributed by atoms with E-state index in [1.165, 1.54) is 12.1 Å². The summed E-state index contributed by atoms with van der Waals surface area (Å²) in [5.41, 5.74) is 0.103. The van der Waals surface area contributed by atoms with E-state index in [1.54, 1.807) is 23.9 Å². The van der Waals surface area contributed by atoms with Gasteiger partial charge in [0.25, 0.3) is 5.91 Å². The molecule has 1 amide bonds. The van der Waals surface area contributed by atoms with Crippen LogP contribution in [-0.2, 0) is 0 Å². The summed E-state index contributed by atoms with van der Waals surface area (Å²) in [7, 11) is 0. The zero-order chi connectivity index (χ0) is 11.3. The first-order valence-electron chi connectivity index (χ1n) is 4.70. The molecule has 1 rings (SSSR count). The summed E-state index contributed by atoms with van der Waals surface area (Å²) in [5.74, 6) is -0.833. The number of nitrogens with one attached hydrogen (secondary N) is 1. The maximum atomic E-state index is 13.2. The Morgan fingerprint density at radius 1 is 1.53 bits per heavy atom. The molecule has 0 aliphatic carbocycles. The van der Waals surface area contributed by atoms with E-state index in [9.17, 15) is 9.18 Å². The van der Waals surface area contributed by atoms with Crippen molar-refractivity contribution in [2.24, 2.45) is 0 Å². The molecule has 1 aromatic rings. The van der Waals surface area contributed by atoms with Crippen molar-refractivity contribution in [2.75, 3.05) is 12.8 Å². The van der Waals surface area contributed by atoms with Crippen LogP contribution in [-0.4, -0.2) is 24.0 Å². The SMILES string of the molecule is CSC(C)CNC(=O)c1ccccc1F. The molecule has 15 heavy (non-hydrogen) atoms. The van der Waals surface area contributed by atoms with Gasteiger partial charge in [-0.05, 0) is 18.4 Å². The van der Waals surface area contributed by atoms with E-state index in [0.717, 1.165) is 0 Å². The molecule has 1 N–H and O–H groups in total. The second kappa shape index (κ2) is 5.75. The third-order valence-electron chi connectivity index (χ3n) is 2.07. The fourth-order valence-electron chi connectivity index (χ4n) is 1.06. The Labute approximate surface area is 93.3 Å². The van der Waals surface area contributed by atoms with Crippen molar-refractivity contribution in [2.45, 2.75) is 12.2 Å². The second-order valence-electron chi connectivity index (χ2n) is 3.24. The number of rotatable bonds is 4. The maximum Gasteiger partial charge on any atom is 0.254 e. The number of hydrogen-bond acceptors (Lipinski definition) is 2. The molecule has 0 heterocycles. The monoisotopic (exact) mass is 227 g/mol. The molecule has 82 valence electrons. The van der Waals surface area contributed by atoms with Gasteiger partial charge in [0.2, 0.25) is 0 Å². The highest BCUT2D eigenvalue weighted by molar-refractivity contribution is 7.99. The first kappa shape index (κ1) is 12.0. The number of carbonyl (C=O) groups is 1. The number of hydrogen-bond donors (Lipinski definition) is 1. The van der Waals surface area contributed by atoms with Crippen LogP contribution in [0.25, 0.3) is 0 Å². The molecular formula is C11H14FNOS. The molecule has 0 aliphatic heterocycles. The van der Waals surface area contributed by atoms with Gasteiger partial charge in [-0.2, -0.15) is 11.8 Å². The topological polar surface area (TPSA) is 29.1 Å². The normalized spacial score (nSPS) is 12.2. The molecule has 0 bridgehead atoms. The summed E-state index contributed by atoms with van der Waals surface area (Å²) in [6, 6.07) is 5.98. The summed E-state index contributed by atoms with van der Waals surface area (Å²) in [5, 5.41) is 3.02. The van der Waals surface area contributed by atoms with E-state index >= 15 is 0 Å². The number of halogens is 1. The third kappa shape index (κ3) is 3.55. The number of benzene rings is 1. The van der Waals surface area contributed by atoms with Crippen molar-refractivity contribution in [1.29, 1.82) is 0 Å². The summed E-state index contributed by atoms with van der Waals surface area (Å²) in [4.78, 5) is 11.5. The fourth-order valence-corrected chi connectivity index (χ4v) is 1.31. The molecule has 0 saturated heterocycles. The van der Waals surface area contributed by atoms with Crippen LogP contribution in [0.3, 0.4) is 0 Å². The first-order chi connectivity index (χ1) is 7.15. The van der Waals surface area contributed by atoms with Gasteiger partial charge in [0.05, 0.1) is 5.56 Å². The summed E-state index contributed by atoms with van der Waals surface area (Å²) in [6.07, 6.45) is 1.97. The van der Waals surface area contributed by atoms with Gasteiger partial charge in [0, 0.05) is 11.8 Å². The highest BCUT2D eigenvalue weighted by atomic mass is 32.2. The minimum Gasteiger partial charge on any atom is -0.351 e. The lowest BCUT2D eigenvalue weighted by Crippen LogP contribution is -2.29. The number of carbonyl (C=O) groups excluding carboxylic acids is 1. The molecule has 4 heteroatoms. The van der Waals surface area contributed by atoms with Crippen LogP contribution in [0.1, 0.15) is 17.3 Å². The van der Waals surface area contributed by atoms with Crippen LogP contribution < -0.4 is 5.32 Å². The molecule has 0 spiro atoms. The average Bonchev–Trinajstić information content (AvgIpc) is 2.26. The average molecular weight is 227 g/mol. The maximum absolute atomic E-state index is 13.2. The van der Waals surface area contributed by atoms with E-state index in [2.05, 4.69) is 5.32 Å². The summed E-state index contributed by atoms with van der Waals surface area (Å²) < 4.78 is 13.2. The summed E-state index contributed by atoms with van der Waals surface area (Å²) >= 11 is 1.66. The van der Waals surface area contributed by atoms with Gasteiger partial charge in [0.15, 0.2) is 0 Å². The lowest BCUT2D eigenvalue weighted by molar-refractivity contribution is 0.0950. The van der Waals surface area contributed by atoms with Gasteiger partial charge >= 0.3 is 0 Å². The predicted octanol–water partition coefficient (Wildman–Crippen LogP) is 2.31. The molecule has 0 aliphatic rings. The molecule has 1 atom stereocenters. The number of amides is 1. The fraction of sp³-hybridized carbons (Fsp3) is 0.364. The minimum atomic E-state index is -0.480. The van der Waals surface area contributed by atoms with E-state index in [0.29, 0.717) is 11.8 Å². The van der Waals surface area contributed by atoms with Crippen molar-refractivity contribution in [1.82, 2.24) is 5.32 Å². The molecule has 0 saturated carbocycles. The highest BCUT2D eigenvalue weighted by Crippen LogP contribution is 2.07. The van der Waals surface area contributed by atoms with E-state index < -0.39 is 5.82 Å². The Balaban J connectivity index is 2.58. The molecule has 0 aromatic heterocycles. The van der Waals surface area contributed by atoms with E-state index in [1.807, 2.05) is 13.2 Å². The largest absolute Gasteiger partial charge is 0.351 e. The van der Waals surface area contributed by atoms with Crippen LogP contribution in [0.5, 0.6) is 0 Å². The first-order valence-corrected chi connectivity index (χ1v) is 5.99. The molecule has 1 unspecified atom stereocenters. The quantitative estimate of drug-likeness (QED) is 0.855.